The maximum absolute atomic E-state index is 12.9. The number of hydrogen-bond acceptors (Lipinski definition) is 3. The molecule has 1 heterocycles. The maximum atomic E-state index is 12.9. The van der Waals surface area contributed by atoms with E-state index in [1.165, 1.54) is 24.3 Å². The molecule has 0 fully saturated rings. The summed E-state index contributed by atoms with van der Waals surface area (Å²) in [5.41, 5.74) is 2.37. The minimum absolute atomic E-state index is 0.165. The number of carbonyl (C=O) groups is 1. The second kappa shape index (κ2) is 6.60. The lowest BCUT2D eigenvalue weighted by Gasteiger charge is -2.20. The summed E-state index contributed by atoms with van der Waals surface area (Å²) in [4.78, 5) is 19.3. The van der Waals surface area contributed by atoms with E-state index in [0.29, 0.717) is 18.5 Å². The Kier molecular flexibility index (Phi) is 4.37. The van der Waals surface area contributed by atoms with E-state index >= 15 is 0 Å². The van der Waals surface area contributed by atoms with Crippen molar-refractivity contribution in [3.8, 4) is 0 Å². The molecule has 0 aliphatic carbocycles. The van der Waals surface area contributed by atoms with Gasteiger partial charge in [-0.1, -0.05) is 35.5 Å². The van der Waals surface area contributed by atoms with Gasteiger partial charge in [0.2, 0.25) is 0 Å². The average Bonchev–Trinajstić information content (AvgIpc) is 3.04. The van der Waals surface area contributed by atoms with Crippen LogP contribution in [0.4, 0.5) is 4.39 Å². The molecule has 0 bridgehead atoms. The van der Waals surface area contributed by atoms with Crippen molar-refractivity contribution >= 4 is 11.6 Å². The number of likely N-dealkylation sites (N-methyl/N-ethyl adjacent to an activating group) is 1. The van der Waals surface area contributed by atoms with Crippen molar-refractivity contribution < 1.29 is 14.0 Å². The Labute approximate surface area is 134 Å². The van der Waals surface area contributed by atoms with Gasteiger partial charge in [0.25, 0.3) is 5.91 Å². The van der Waals surface area contributed by atoms with E-state index in [1.807, 2.05) is 30.3 Å². The van der Waals surface area contributed by atoms with E-state index < -0.39 is 0 Å². The Morgan fingerprint density at radius 3 is 2.61 bits per heavy atom. The maximum Gasteiger partial charge on any atom is 0.253 e. The SMILES string of the molecule is CN(CC1CC(c2ccccc2)=NO1)C(=O)c1ccc(F)cc1. The first-order chi connectivity index (χ1) is 11.1. The number of hydrogen-bond donors (Lipinski definition) is 0. The van der Waals surface area contributed by atoms with E-state index in [0.717, 1.165) is 11.3 Å². The molecule has 0 N–H and O–H groups in total. The molecule has 1 aliphatic rings. The number of oxime groups is 1. The van der Waals surface area contributed by atoms with Crippen LogP contribution in [-0.4, -0.2) is 36.2 Å². The highest BCUT2D eigenvalue weighted by molar-refractivity contribution is 6.01. The highest BCUT2D eigenvalue weighted by atomic mass is 19.1. The van der Waals surface area contributed by atoms with E-state index in [4.69, 9.17) is 4.84 Å². The number of benzene rings is 2. The fourth-order valence-electron chi connectivity index (χ4n) is 2.53. The minimum atomic E-state index is -0.357. The van der Waals surface area contributed by atoms with Gasteiger partial charge in [-0.05, 0) is 29.8 Å². The lowest BCUT2D eigenvalue weighted by atomic mass is 10.0. The fourth-order valence-corrected chi connectivity index (χ4v) is 2.53. The first-order valence-corrected chi connectivity index (χ1v) is 7.42. The van der Waals surface area contributed by atoms with Crippen molar-refractivity contribution in [1.29, 1.82) is 0 Å². The molecule has 1 unspecified atom stereocenters. The van der Waals surface area contributed by atoms with Crippen LogP contribution in [0, 0.1) is 5.82 Å². The number of carbonyl (C=O) groups excluding carboxylic acids is 1. The Morgan fingerprint density at radius 1 is 1.22 bits per heavy atom. The lowest BCUT2D eigenvalue weighted by molar-refractivity contribution is 0.0482. The van der Waals surface area contributed by atoms with Gasteiger partial charge >= 0.3 is 0 Å². The summed E-state index contributed by atoms with van der Waals surface area (Å²) < 4.78 is 12.9. The second-order valence-electron chi connectivity index (χ2n) is 5.53. The molecular formula is C18H17FN2O2. The van der Waals surface area contributed by atoms with Crippen molar-refractivity contribution in [2.24, 2.45) is 5.16 Å². The van der Waals surface area contributed by atoms with Crippen LogP contribution in [0.15, 0.2) is 59.8 Å². The molecule has 0 radical (unpaired) electrons. The predicted molar refractivity (Wildman–Crippen MR) is 85.8 cm³/mol. The van der Waals surface area contributed by atoms with Gasteiger partial charge in [-0.25, -0.2) is 4.39 Å². The smallest absolute Gasteiger partial charge is 0.253 e. The summed E-state index contributed by atoms with van der Waals surface area (Å²) in [5.74, 6) is -0.522. The molecule has 23 heavy (non-hydrogen) atoms. The van der Waals surface area contributed by atoms with Gasteiger partial charge in [-0.2, -0.15) is 0 Å². The average molecular weight is 312 g/mol. The van der Waals surface area contributed by atoms with Gasteiger partial charge < -0.3 is 9.74 Å². The van der Waals surface area contributed by atoms with E-state index in [-0.39, 0.29) is 17.8 Å². The van der Waals surface area contributed by atoms with Gasteiger partial charge in [0.1, 0.15) is 5.82 Å². The normalized spacial score (nSPS) is 16.6. The van der Waals surface area contributed by atoms with Gasteiger partial charge in [-0.15, -0.1) is 0 Å². The Balaban J connectivity index is 1.58. The van der Waals surface area contributed by atoms with Crippen molar-refractivity contribution in [2.45, 2.75) is 12.5 Å². The first-order valence-electron chi connectivity index (χ1n) is 7.42. The van der Waals surface area contributed by atoms with E-state index in [9.17, 15) is 9.18 Å². The summed E-state index contributed by atoms with van der Waals surface area (Å²) in [7, 11) is 1.70. The standard InChI is InChI=1S/C18H17FN2O2/c1-21(18(22)14-7-9-15(19)10-8-14)12-16-11-17(20-23-16)13-5-3-2-4-6-13/h2-10,16H,11-12H2,1H3. The summed E-state index contributed by atoms with van der Waals surface area (Å²) >= 11 is 0. The Hall–Kier alpha value is -2.69. The van der Waals surface area contributed by atoms with Crippen molar-refractivity contribution in [1.82, 2.24) is 4.90 Å². The Bertz CT molecular complexity index is 714. The Morgan fingerprint density at radius 2 is 1.91 bits per heavy atom. The number of amides is 1. The van der Waals surface area contributed by atoms with Crippen LogP contribution >= 0.6 is 0 Å². The molecule has 0 saturated heterocycles. The van der Waals surface area contributed by atoms with Crippen molar-refractivity contribution in [3.63, 3.8) is 0 Å². The topological polar surface area (TPSA) is 41.9 Å². The first kappa shape index (κ1) is 15.2. The third kappa shape index (κ3) is 3.56. The van der Waals surface area contributed by atoms with Crippen LogP contribution in [0.3, 0.4) is 0 Å². The van der Waals surface area contributed by atoms with Gasteiger partial charge in [-0.3, -0.25) is 4.79 Å². The highest BCUT2D eigenvalue weighted by Crippen LogP contribution is 2.18. The summed E-state index contributed by atoms with van der Waals surface area (Å²) in [5, 5.41) is 4.11. The van der Waals surface area contributed by atoms with Gasteiger partial charge in [0.15, 0.2) is 6.10 Å². The predicted octanol–water partition coefficient (Wildman–Crippen LogP) is 3.09. The molecule has 118 valence electrons. The molecule has 3 rings (SSSR count). The lowest BCUT2D eigenvalue weighted by Crippen LogP contribution is -2.34. The van der Waals surface area contributed by atoms with Gasteiger partial charge in [0.05, 0.1) is 12.3 Å². The zero-order valence-electron chi connectivity index (χ0n) is 12.8. The molecule has 2 aromatic carbocycles. The van der Waals surface area contributed by atoms with Crippen LogP contribution < -0.4 is 0 Å². The third-order valence-corrected chi connectivity index (χ3v) is 3.76. The molecule has 5 heteroatoms. The minimum Gasteiger partial charge on any atom is -0.390 e. The zero-order chi connectivity index (χ0) is 16.2. The summed E-state index contributed by atoms with van der Waals surface area (Å²) in [6, 6.07) is 15.4. The molecule has 2 aromatic rings. The largest absolute Gasteiger partial charge is 0.390 e. The summed E-state index contributed by atoms with van der Waals surface area (Å²) in [6.45, 7) is 0.427. The van der Waals surface area contributed by atoms with Crippen molar-refractivity contribution in [2.75, 3.05) is 13.6 Å². The molecular weight excluding hydrogens is 295 g/mol. The molecule has 1 aliphatic heterocycles. The molecule has 0 aromatic heterocycles. The van der Waals surface area contributed by atoms with Crippen LogP contribution in [0.5, 0.6) is 0 Å². The fraction of sp³-hybridized carbons (Fsp3) is 0.222. The molecule has 0 spiro atoms. The van der Waals surface area contributed by atoms with Crippen molar-refractivity contribution in [3.05, 3.63) is 71.5 Å². The molecule has 1 atom stereocenters. The molecule has 0 saturated carbocycles. The molecule has 4 nitrogen and oxygen atoms in total. The zero-order valence-corrected chi connectivity index (χ0v) is 12.8. The van der Waals surface area contributed by atoms with E-state index in [2.05, 4.69) is 5.16 Å². The number of rotatable bonds is 4. The van der Waals surface area contributed by atoms with Crippen LogP contribution in [0.2, 0.25) is 0 Å². The van der Waals surface area contributed by atoms with E-state index in [1.54, 1.807) is 11.9 Å². The third-order valence-electron chi connectivity index (χ3n) is 3.76. The van der Waals surface area contributed by atoms with Crippen LogP contribution in [-0.2, 0) is 4.84 Å². The quantitative estimate of drug-likeness (QED) is 0.870. The van der Waals surface area contributed by atoms with Crippen LogP contribution in [0.25, 0.3) is 0 Å². The number of nitrogens with zero attached hydrogens (tertiary/aromatic N) is 2. The van der Waals surface area contributed by atoms with Crippen LogP contribution in [0.1, 0.15) is 22.3 Å². The monoisotopic (exact) mass is 312 g/mol. The summed E-state index contributed by atoms with van der Waals surface area (Å²) in [6.07, 6.45) is 0.491. The van der Waals surface area contributed by atoms with Gasteiger partial charge in [0, 0.05) is 19.0 Å². The highest BCUT2D eigenvalue weighted by Gasteiger charge is 2.25. The molecule has 1 amide bonds. The second-order valence-corrected chi connectivity index (χ2v) is 5.53. The number of halogens is 1.